The van der Waals surface area contributed by atoms with E-state index in [1.165, 1.54) is 0 Å². The summed E-state index contributed by atoms with van der Waals surface area (Å²) in [5.41, 5.74) is 1.41. The average molecular weight is 344 g/mol. The third kappa shape index (κ3) is 3.50. The Balaban J connectivity index is 1.73. The zero-order valence-electron chi connectivity index (χ0n) is 14.0. The Morgan fingerprint density at radius 3 is 2.80 bits per heavy atom. The molecule has 0 spiro atoms. The summed E-state index contributed by atoms with van der Waals surface area (Å²) < 4.78 is 28.6. The normalized spacial score (nSPS) is 11.2. The summed E-state index contributed by atoms with van der Waals surface area (Å²) in [6, 6.07) is 6.76. The molecule has 0 radical (unpaired) electrons. The largest absolute Gasteiger partial charge is 0.351 e. The predicted octanol–water partition coefficient (Wildman–Crippen LogP) is 3.26. The van der Waals surface area contributed by atoms with Gasteiger partial charge in [-0.1, -0.05) is 0 Å². The molecule has 7 heteroatoms. The Labute approximate surface area is 143 Å². The summed E-state index contributed by atoms with van der Waals surface area (Å²) >= 11 is 0. The van der Waals surface area contributed by atoms with E-state index in [1.807, 2.05) is 30.5 Å². The minimum absolute atomic E-state index is 0.167. The minimum atomic E-state index is -0.879. The lowest BCUT2D eigenvalue weighted by molar-refractivity contribution is 0.0950. The number of imidazole rings is 1. The number of pyridine rings is 1. The minimum Gasteiger partial charge on any atom is -0.351 e. The van der Waals surface area contributed by atoms with E-state index in [1.54, 1.807) is 6.20 Å². The van der Waals surface area contributed by atoms with Gasteiger partial charge in [-0.25, -0.2) is 18.7 Å². The Morgan fingerprint density at radius 1 is 1.28 bits per heavy atom. The number of nitrogens with one attached hydrogen (secondary N) is 1. The maximum Gasteiger partial charge on any atom is 0.254 e. The van der Waals surface area contributed by atoms with Crippen molar-refractivity contribution in [2.24, 2.45) is 0 Å². The number of halogens is 2. The van der Waals surface area contributed by atoms with Gasteiger partial charge < -0.3 is 9.88 Å². The summed E-state index contributed by atoms with van der Waals surface area (Å²) in [5, 5.41) is 2.64. The van der Waals surface area contributed by atoms with Gasteiger partial charge in [0.05, 0.1) is 5.56 Å². The van der Waals surface area contributed by atoms with Crippen LogP contribution in [0.5, 0.6) is 0 Å². The van der Waals surface area contributed by atoms with Gasteiger partial charge in [0.2, 0.25) is 0 Å². The van der Waals surface area contributed by atoms with Crippen molar-refractivity contribution in [3.63, 3.8) is 0 Å². The number of fused-ring (bicyclic) bond motifs is 1. The lowest BCUT2D eigenvalue weighted by atomic mass is 10.2. The Bertz CT molecular complexity index is 921. The van der Waals surface area contributed by atoms with Crippen molar-refractivity contribution in [3.05, 3.63) is 59.6 Å². The fourth-order valence-corrected chi connectivity index (χ4v) is 2.75. The highest BCUT2D eigenvalue weighted by atomic mass is 19.1. The molecule has 3 rings (SSSR count). The van der Waals surface area contributed by atoms with Crippen LogP contribution in [0.4, 0.5) is 8.78 Å². The van der Waals surface area contributed by atoms with E-state index in [-0.39, 0.29) is 18.2 Å². The molecule has 1 amide bonds. The summed E-state index contributed by atoms with van der Waals surface area (Å²) in [7, 11) is 0. The van der Waals surface area contributed by atoms with Crippen molar-refractivity contribution in [3.8, 4) is 0 Å². The quantitative estimate of drug-likeness (QED) is 0.773. The van der Waals surface area contributed by atoms with Gasteiger partial charge in [0.25, 0.3) is 5.91 Å². The lowest BCUT2D eigenvalue weighted by Gasteiger charge is -2.12. The van der Waals surface area contributed by atoms with Gasteiger partial charge in [0.1, 0.15) is 23.0 Å². The molecule has 2 aromatic heterocycles. The van der Waals surface area contributed by atoms with Crippen molar-refractivity contribution in [2.45, 2.75) is 26.3 Å². The molecule has 0 saturated carbocycles. The number of hydrogen-bond acceptors (Lipinski definition) is 3. The molecule has 0 bridgehead atoms. The van der Waals surface area contributed by atoms with E-state index in [9.17, 15) is 13.6 Å². The molecule has 130 valence electrons. The molecule has 2 heterocycles. The van der Waals surface area contributed by atoms with Crippen LogP contribution < -0.4 is 5.32 Å². The van der Waals surface area contributed by atoms with Gasteiger partial charge in [-0.15, -0.1) is 0 Å². The summed E-state index contributed by atoms with van der Waals surface area (Å²) in [6.07, 6.45) is 2.19. The lowest BCUT2D eigenvalue weighted by Crippen LogP contribution is -2.27. The average Bonchev–Trinajstić information content (AvgIpc) is 2.93. The first-order valence-corrected chi connectivity index (χ1v) is 8.02. The molecule has 1 aromatic carbocycles. The topological polar surface area (TPSA) is 59.8 Å². The van der Waals surface area contributed by atoms with Crippen molar-refractivity contribution in [2.75, 3.05) is 6.54 Å². The maximum atomic E-state index is 13.6. The molecule has 0 atom stereocenters. The molecular weight excluding hydrogens is 326 g/mol. The van der Waals surface area contributed by atoms with Crippen LogP contribution in [0.3, 0.4) is 0 Å². The van der Waals surface area contributed by atoms with Crippen LogP contribution >= 0.6 is 0 Å². The summed E-state index contributed by atoms with van der Waals surface area (Å²) in [5.74, 6) is -1.38. The second kappa shape index (κ2) is 6.96. The van der Waals surface area contributed by atoms with Gasteiger partial charge in [0, 0.05) is 31.3 Å². The highest BCUT2D eigenvalue weighted by Crippen LogP contribution is 2.19. The van der Waals surface area contributed by atoms with Crippen molar-refractivity contribution in [1.29, 1.82) is 0 Å². The first-order valence-electron chi connectivity index (χ1n) is 8.02. The molecule has 3 aromatic rings. The third-order valence-corrected chi connectivity index (χ3v) is 3.85. The highest BCUT2D eigenvalue weighted by Gasteiger charge is 2.15. The number of carbonyl (C=O) groups excluding carboxylic acids is 1. The first-order chi connectivity index (χ1) is 12.0. The van der Waals surface area contributed by atoms with Crippen LogP contribution in [0.25, 0.3) is 11.2 Å². The number of aromatic nitrogens is 3. The fourth-order valence-electron chi connectivity index (χ4n) is 2.75. The second-order valence-corrected chi connectivity index (χ2v) is 5.97. The van der Waals surface area contributed by atoms with Crippen LogP contribution in [-0.4, -0.2) is 27.0 Å². The molecule has 1 N–H and O–H groups in total. The van der Waals surface area contributed by atoms with Gasteiger partial charge in [-0.2, -0.15) is 0 Å². The van der Waals surface area contributed by atoms with Gasteiger partial charge >= 0.3 is 0 Å². The molecule has 25 heavy (non-hydrogen) atoms. The molecule has 0 aliphatic carbocycles. The van der Waals surface area contributed by atoms with Crippen LogP contribution in [0.15, 0.2) is 36.5 Å². The third-order valence-electron chi connectivity index (χ3n) is 3.85. The molecular formula is C18H18F2N4O. The van der Waals surface area contributed by atoms with Crippen molar-refractivity contribution < 1.29 is 13.6 Å². The van der Waals surface area contributed by atoms with E-state index in [0.29, 0.717) is 12.5 Å². The van der Waals surface area contributed by atoms with Gasteiger partial charge in [-0.05, 0) is 38.1 Å². The van der Waals surface area contributed by atoms with E-state index < -0.39 is 17.5 Å². The van der Waals surface area contributed by atoms with E-state index in [4.69, 9.17) is 0 Å². The van der Waals surface area contributed by atoms with Crippen LogP contribution in [0.2, 0.25) is 0 Å². The molecule has 0 aliphatic heterocycles. The molecule has 5 nitrogen and oxygen atoms in total. The summed E-state index contributed by atoms with van der Waals surface area (Å²) in [4.78, 5) is 21.0. The first kappa shape index (κ1) is 17.0. The number of rotatable bonds is 5. The smallest absolute Gasteiger partial charge is 0.254 e. The predicted molar refractivity (Wildman–Crippen MR) is 90.3 cm³/mol. The van der Waals surface area contributed by atoms with Gasteiger partial charge in [-0.3, -0.25) is 4.79 Å². The second-order valence-electron chi connectivity index (χ2n) is 5.97. The van der Waals surface area contributed by atoms with E-state index >= 15 is 0 Å². The molecule has 0 saturated heterocycles. The zero-order valence-corrected chi connectivity index (χ0v) is 14.0. The number of amides is 1. The number of benzene rings is 1. The number of carbonyl (C=O) groups is 1. The van der Waals surface area contributed by atoms with Crippen LogP contribution in [0.1, 0.15) is 36.1 Å². The van der Waals surface area contributed by atoms with Crippen molar-refractivity contribution in [1.82, 2.24) is 19.9 Å². The van der Waals surface area contributed by atoms with E-state index in [0.717, 1.165) is 29.1 Å². The van der Waals surface area contributed by atoms with Crippen LogP contribution in [-0.2, 0) is 6.42 Å². The molecule has 0 aliphatic rings. The SMILES string of the molecule is CC(C)n1c(CCNC(=O)c2ccc(F)cc2F)nc2cccnc21. The Kier molecular flexibility index (Phi) is 4.74. The Hall–Kier alpha value is -2.83. The highest BCUT2D eigenvalue weighted by molar-refractivity contribution is 5.94. The number of nitrogens with zero attached hydrogens (tertiary/aromatic N) is 3. The molecule has 0 fully saturated rings. The number of hydrogen-bond donors (Lipinski definition) is 1. The maximum absolute atomic E-state index is 13.6. The zero-order chi connectivity index (χ0) is 18.0. The van der Waals surface area contributed by atoms with Crippen LogP contribution in [0, 0.1) is 11.6 Å². The Morgan fingerprint density at radius 2 is 2.08 bits per heavy atom. The standard InChI is InChI=1S/C18H18F2N4O/c1-11(2)24-16(23-15-4-3-8-21-17(15)24)7-9-22-18(25)13-6-5-12(19)10-14(13)20/h3-6,8,10-11H,7,9H2,1-2H3,(H,22,25). The van der Waals surface area contributed by atoms with E-state index in [2.05, 4.69) is 15.3 Å². The molecule has 0 unspecified atom stereocenters. The van der Waals surface area contributed by atoms with Gasteiger partial charge in [0.15, 0.2) is 5.65 Å². The van der Waals surface area contributed by atoms with Crippen molar-refractivity contribution >= 4 is 17.1 Å². The summed E-state index contributed by atoms with van der Waals surface area (Å²) in [6.45, 7) is 4.35. The monoisotopic (exact) mass is 344 g/mol. The fraction of sp³-hybridized carbons (Fsp3) is 0.278.